The average molecular weight is 480 g/mol. The number of para-hydroxylation sites is 1. The summed E-state index contributed by atoms with van der Waals surface area (Å²) in [5, 5.41) is 25.1. The highest BCUT2D eigenvalue weighted by atomic mass is 16.6. The number of aliphatic hydroxyl groups excluding tert-OH is 1. The zero-order valence-corrected chi connectivity index (χ0v) is 20.1. The van der Waals surface area contributed by atoms with Gasteiger partial charge >= 0.3 is 12.1 Å². The summed E-state index contributed by atoms with van der Waals surface area (Å²) < 4.78 is 9.67. The molecule has 0 saturated carbocycles. The second-order valence-electron chi connectivity index (χ2n) is 8.37. The summed E-state index contributed by atoms with van der Waals surface area (Å²) in [7, 11) is 1.15. The van der Waals surface area contributed by atoms with E-state index in [0.717, 1.165) is 12.0 Å². The van der Waals surface area contributed by atoms with E-state index >= 15 is 0 Å². The Morgan fingerprint density at radius 1 is 1.24 bits per heavy atom. The van der Waals surface area contributed by atoms with Crippen molar-refractivity contribution in [1.29, 1.82) is 0 Å². The molecule has 1 aromatic rings. The second kappa shape index (κ2) is 12.6. The van der Waals surface area contributed by atoms with Crippen LogP contribution in [0.2, 0.25) is 0 Å². The molecule has 0 aromatic heterocycles. The molecule has 0 spiro atoms. The van der Waals surface area contributed by atoms with Crippen molar-refractivity contribution in [2.75, 3.05) is 26.8 Å². The van der Waals surface area contributed by atoms with Crippen LogP contribution >= 0.6 is 0 Å². The lowest BCUT2D eigenvalue weighted by Gasteiger charge is -2.33. The molecule has 0 heterocycles. The first-order valence-electron chi connectivity index (χ1n) is 10.5. The number of nitrogens with one attached hydrogen (secondary N) is 2. The molecule has 0 aliphatic rings. The fourth-order valence-corrected chi connectivity index (χ4v) is 2.98. The summed E-state index contributed by atoms with van der Waals surface area (Å²) in [6, 6.07) is 1.76. The van der Waals surface area contributed by atoms with Gasteiger partial charge in [0.1, 0.15) is 30.0 Å². The van der Waals surface area contributed by atoms with Crippen LogP contribution in [0.5, 0.6) is 5.75 Å². The Labute approximate surface area is 198 Å². The van der Waals surface area contributed by atoms with Crippen LogP contribution in [0.3, 0.4) is 0 Å². The van der Waals surface area contributed by atoms with Crippen LogP contribution in [0.15, 0.2) is 30.9 Å². The van der Waals surface area contributed by atoms with Crippen molar-refractivity contribution >= 4 is 23.9 Å². The number of esters is 1. The number of amides is 3. The molecule has 2 atom stereocenters. The lowest BCUT2D eigenvalue weighted by atomic mass is 9.99. The summed E-state index contributed by atoms with van der Waals surface area (Å²) in [5.74, 6) is -2.59. The van der Waals surface area contributed by atoms with Gasteiger partial charge < -0.3 is 35.2 Å². The van der Waals surface area contributed by atoms with Gasteiger partial charge in [-0.3, -0.25) is 14.4 Å². The van der Waals surface area contributed by atoms with Gasteiger partial charge in [0, 0.05) is 12.1 Å². The molecule has 0 aliphatic heterocycles. The Morgan fingerprint density at radius 3 is 2.41 bits per heavy atom. The number of methoxy groups -OCH3 is 1. The van der Waals surface area contributed by atoms with Gasteiger partial charge in [0.2, 0.25) is 11.8 Å². The number of benzene rings is 1. The number of nitrogens with zero attached hydrogens (tertiary/aromatic N) is 1. The molecule has 34 heavy (non-hydrogen) atoms. The van der Waals surface area contributed by atoms with Crippen LogP contribution in [-0.2, 0) is 23.9 Å². The van der Waals surface area contributed by atoms with Crippen LogP contribution in [0.25, 0.3) is 0 Å². The van der Waals surface area contributed by atoms with Crippen molar-refractivity contribution in [3.63, 3.8) is 0 Å². The number of rotatable bonds is 10. The highest BCUT2D eigenvalue weighted by molar-refractivity contribution is 5.93. The summed E-state index contributed by atoms with van der Waals surface area (Å²) in [6.45, 7) is 8.66. The van der Waals surface area contributed by atoms with E-state index in [1.165, 1.54) is 12.1 Å². The highest BCUT2D eigenvalue weighted by Crippen LogP contribution is 2.32. The molecule has 2 unspecified atom stereocenters. The van der Waals surface area contributed by atoms with Gasteiger partial charge in [0.05, 0.1) is 13.7 Å². The normalized spacial score (nSPS) is 12.6. The standard InChI is InChI=1S/C23H33N3O8/c1-7-11-26(21(31)16(13-27)25-22(32)34-23(3,4)5)18(20(30)24-12-17(28)33-6)15-10-8-9-14(2)19(15)29/h7-10,16,18,27,29H,1,11-13H2,2-6H3,(H,24,30)(H,25,32). The second-order valence-corrected chi connectivity index (χ2v) is 8.37. The number of phenolic OH excluding ortho intramolecular Hbond substituents is 1. The van der Waals surface area contributed by atoms with Crippen molar-refractivity contribution < 1.29 is 38.9 Å². The number of ether oxygens (including phenoxy) is 2. The van der Waals surface area contributed by atoms with E-state index < -0.39 is 54.7 Å². The first kappa shape index (κ1) is 28.4. The van der Waals surface area contributed by atoms with Crippen LogP contribution in [0.4, 0.5) is 4.79 Å². The number of aryl methyl sites for hydroxylation is 1. The van der Waals surface area contributed by atoms with E-state index in [1.807, 2.05) is 0 Å². The summed E-state index contributed by atoms with van der Waals surface area (Å²) in [4.78, 5) is 51.3. The fraction of sp³-hybridized carbons (Fsp3) is 0.478. The molecule has 0 aliphatic carbocycles. The van der Waals surface area contributed by atoms with E-state index in [1.54, 1.807) is 39.8 Å². The number of carbonyl (C=O) groups excluding carboxylic acids is 4. The zero-order chi connectivity index (χ0) is 26.1. The Kier molecular flexibility index (Phi) is 10.5. The van der Waals surface area contributed by atoms with Crippen LogP contribution in [0.1, 0.15) is 37.9 Å². The molecule has 3 amide bonds. The van der Waals surface area contributed by atoms with Crippen molar-refractivity contribution in [3.8, 4) is 5.75 Å². The predicted molar refractivity (Wildman–Crippen MR) is 123 cm³/mol. The monoisotopic (exact) mass is 479 g/mol. The first-order chi connectivity index (χ1) is 15.9. The van der Waals surface area contributed by atoms with Gasteiger partial charge in [-0.1, -0.05) is 24.3 Å². The van der Waals surface area contributed by atoms with Crippen molar-refractivity contribution in [1.82, 2.24) is 15.5 Å². The SMILES string of the molecule is C=CCN(C(=O)C(CO)NC(=O)OC(C)(C)C)C(C(=O)NCC(=O)OC)c1cccc(C)c1O. The third kappa shape index (κ3) is 8.07. The largest absolute Gasteiger partial charge is 0.507 e. The Hall–Kier alpha value is -3.60. The number of carbonyl (C=O) groups is 4. The molecule has 0 radical (unpaired) electrons. The highest BCUT2D eigenvalue weighted by Gasteiger charge is 2.37. The third-order valence-electron chi connectivity index (χ3n) is 4.54. The van der Waals surface area contributed by atoms with Gasteiger partial charge in [-0.25, -0.2) is 4.79 Å². The van der Waals surface area contributed by atoms with Crippen molar-refractivity contribution in [2.24, 2.45) is 0 Å². The molecule has 1 aromatic carbocycles. The maximum absolute atomic E-state index is 13.4. The lowest BCUT2D eigenvalue weighted by molar-refractivity contribution is -0.144. The first-order valence-corrected chi connectivity index (χ1v) is 10.5. The number of aromatic hydroxyl groups is 1. The molecule has 0 bridgehead atoms. The molecule has 11 nitrogen and oxygen atoms in total. The maximum atomic E-state index is 13.4. The number of phenols is 1. The summed E-state index contributed by atoms with van der Waals surface area (Å²) >= 11 is 0. The van der Waals surface area contributed by atoms with Gasteiger partial charge in [0.15, 0.2) is 0 Å². The molecule has 1 rings (SSSR count). The number of alkyl carbamates (subject to hydrolysis) is 1. The quantitative estimate of drug-likeness (QED) is 0.285. The molecule has 0 fully saturated rings. The van der Waals surface area contributed by atoms with E-state index in [4.69, 9.17) is 4.74 Å². The Balaban J connectivity index is 3.41. The molecular weight excluding hydrogens is 446 g/mol. The van der Waals surface area contributed by atoms with Crippen molar-refractivity contribution in [3.05, 3.63) is 42.0 Å². The molecule has 11 heteroatoms. The minimum atomic E-state index is -1.46. The van der Waals surface area contributed by atoms with Gasteiger partial charge in [-0.15, -0.1) is 6.58 Å². The molecule has 188 valence electrons. The molecule has 0 saturated heterocycles. The van der Waals surface area contributed by atoms with Crippen LogP contribution in [-0.4, -0.2) is 77.4 Å². The van der Waals surface area contributed by atoms with E-state index in [2.05, 4.69) is 21.9 Å². The van der Waals surface area contributed by atoms with Gasteiger partial charge in [-0.05, 0) is 33.3 Å². The number of aliphatic hydroxyl groups is 1. The summed E-state index contributed by atoms with van der Waals surface area (Å²) in [6.07, 6.45) is 0.399. The minimum Gasteiger partial charge on any atom is -0.507 e. The van der Waals surface area contributed by atoms with Crippen LogP contribution in [0, 0.1) is 6.92 Å². The zero-order valence-electron chi connectivity index (χ0n) is 20.1. The van der Waals surface area contributed by atoms with E-state index in [9.17, 15) is 29.4 Å². The average Bonchev–Trinajstić information content (AvgIpc) is 2.76. The predicted octanol–water partition coefficient (Wildman–Crippen LogP) is 0.931. The fourth-order valence-electron chi connectivity index (χ4n) is 2.98. The van der Waals surface area contributed by atoms with Crippen molar-refractivity contribution in [2.45, 2.75) is 45.4 Å². The Morgan fingerprint density at radius 2 is 1.88 bits per heavy atom. The lowest BCUT2D eigenvalue weighted by Crippen LogP contribution is -2.54. The number of hydrogen-bond donors (Lipinski definition) is 4. The minimum absolute atomic E-state index is 0.0755. The molecular formula is C23H33N3O8. The summed E-state index contributed by atoms with van der Waals surface area (Å²) in [5.41, 5.74) is -0.330. The number of hydrogen-bond acceptors (Lipinski definition) is 8. The van der Waals surface area contributed by atoms with Gasteiger partial charge in [-0.2, -0.15) is 0 Å². The maximum Gasteiger partial charge on any atom is 0.408 e. The van der Waals surface area contributed by atoms with Gasteiger partial charge in [0.25, 0.3) is 0 Å². The van der Waals surface area contributed by atoms with E-state index in [0.29, 0.717) is 5.56 Å². The topological polar surface area (TPSA) is 154 Å². The van der Waals surface area contributed by atoms with E-state index in [-0.39, 0.29) is 17.9 Å². The van der Waals surface area contributed by atoms with Crippen LogP contribution < -0.4 is 10.6 Å². The molecule has 4 N–H and O–H groups in total. The smallest absolute Gasteiger partial charge is 0.408 e. The third-order valence-corrected chi connectivity index (χ3v) is 4.54. The Bertz CT molecular complexity index is 910.